The van der Waals surface area contributed by atoms with Crippen molar-refractivity contribution in [2.24, 2.45) is 23.2 Å². The number of carbonyl (C=O) groups is 1. The Hall–Kier alpha value is -1.65. The predicted octanol–water partition coefficient (Wildman–Crippen LogP) is 3.62. The van der Waals surface area contributed by atoms with Gasteiger partial charge in [-0.05, 0) is 31.2 Å². The van der Waals surface area contributed by atoms with E-state index in [-0.39, 0.29) is 35.4 Å². The molecule has 0 radical (unpaired) electrons. The van der Waals surface area contributed by atoms with Gasteiger partial charge in [0.15, 0.2) is 0 Å². The Morgan fingerprint density at radius 1 is 1.33 bits per heavy atom. The van der Waals surface area contributed by atoms with Gasteiger partial charge in [-0.25, -0.2) is 0 Å². The Morgan fingerprint density at radius 3 is 2.81 bits per heavy atom. The second-order valence-electron chi connectivity index (χ2n) is 8.84. The number of fused-ring (bicyclic) bond motifs is 2. The van der Waals surface area contributed by atoms with Gasteiger partial charge in [0.25, 0.3) is 0 Å². The molecule has 7 atom stereocenters. The topological polar surface area (TPSA) is 58.6 Å². The van der Waals surface area contributed by atoms with Gasteiger partial charge < -0.3 is 15.2 Å². The summed E-state index contributed by atoms with van der Waals surface area (Å²) in [4.78, 5) is 12.6. The van der Waals surface area contributed by atoms with Gasteiger partial charge in [-0.2, -0.15) is 0 Å². The molecule has 2 fully saturated rings. The van der Waals surface area contributed by atoms with Crippen LogP contribution in [0.2, 0.25) is 0 Å². The van der Waals surface area contributed by atoms with Crippen molar-refractivity contribution in [1.29, 1.82) is 0 Å². The zero-order chi connectivity index (χ0) is 19.2. The van der Waals surface area contributed by atoms with Crippen molar-refractivity contribution in [1.82, 2.24) is 5.32 Å². The van der Waals surface area contributed by atoms with Crippen LogP contribution < -0.4 is 5.32 Å². The third kappa shape index (κ3) is 3.03. The van der Waals surface area contributed by atoms with Crippen LogP contribution in [-0.4, -0.2) is 29.8 Å². The smallest absolute Gasteiger partial charge is 0.311 e. The maximum absolute atomic E-state index is 12.6. The lowest BCUT2D eigenvalue weighted by atomic mass is 9.55. The Balaban J connectivity index is 1.52. The van der Waals surface area contributed by atoms with Gasteiger partial charge in [0.1, 0.15) is 6.10 Å². The first-order valence-electron chi connectivity index (χ1n) is 10.3. The number of allylic oxidation sites excluding steroid dienone is 1. The molecule has 4 nitrogen and oxygen atoms in total. The molecule has 146 valence electrons. The molecule has 0 amide bonds. The van der Waals surface area contributed by atoms with Gasteiger partial charge in [0.05, 0.1) is 12.0 Å². The zero-order valence-corrected chi connectivity index (χ0v) is 16.5. The molecule has 4 heteroatoms. The molecule has 0 bridgehead atoms. The number of benzene rings is 1. The highest BCUT2D eigenvalue weighted by atomic mass is 16.6. The molecule has 1 saturated carbocycles. The van der Waals surface area contributed by atoms with E-state index in [1.54, 1.807) is 0 Å². The van der Waals surface area contributed by atoms with Crippen LogP contribution in [0.5, 0.6) is 0 Å². The highest BCUT2D eigenvalue weighted by Crippen LogP contribution is 2.55. The molecule has 3 aliphatic rings. The van der Waals surface area contributed by atoms with Crippen LogP contribution in [0, 0.1) is 23.2 Å². The van der Waals surface area contributed by atoms with Crippen molar-refractivity contribution >= 4 is 5.97 Å². The first kappa shape index (κ1) is 18.7. The van der Waals surface area contributed by atoms with Crippen LogP contribution in [0.25, 0.3) is 0 Å². The van der Waals surface area contributed by atoms with Crippen LogP contribution in [0.15, 0.2) is 42.0 Å². The minimum atomic E-state index is -0.539. The lowest BCUT2D eigenvalue weighted by Crippen LogP contribution is -2.54. The fourth-order valence-corrected chi connectivity index (χ4v) is 5.46. The summed E-state index contributed by atoms with van der Waals surface area (Å²) in [5.74, 6) is -0.160. The molecule has 1 aliphatic heterocycles. The lowest BCUT2D eigenvalue weighted by molar-refractivity contribution is -0.144. The van der Waals surface area contributed by atoms with Crippen molar-refractivity contribution in [3.05, 3.63) is 47.5 Å². The van der Waals surface area contributed by atoms with Crippen LogP contribution >= 0.6 is 0 Å². The van der Waals surface area contributed by atoms with Crippen LogP contribution in [0.4, 0.5) is 0 Å². The number of carbonyl (C=O) groups excluding carboxylic acids is 1. The van der Waals surface area contributed by atoms with Crippen molar-refractivity contribution < 1.29 is 14.6 Å². The molecule has 1 heterocycles. The van der Waals surface area contributed by atoms with E-state index in [9.17, 15) is 9.90 Å². The fraction of sp³-hybridized carbons (Fsp3) is 0.609. The molecule has 1 aromatic rings. The monoisotopic (exact) mass is 369 g/mol. The highest BCUT2D eigenvalue weighted by Gasteiger charge is 2.59. The number of ether oxygens (including phenoxy) is 1. The van der Waals surface area contributed by atoms with Crippen molar-refractivity contribution in [3.8, 4) is 0 Å². The van der Waals surface area contributed by atoms with E-state index < -0.39 is 6.10 Å². The standard InChI is InChI=1S/C23H31NO3/c1-14-8-7-11-17-12-19-20(21(25)23(14,17)3)18(22(26)27-19)13-24-15(2)16-9-5-4-6-10-16/h4-6,9-11,14-15,18-21,24-25H,7-8,12-13H2,1-3H3/t14-,15+,18-,19-,20+,21-,23-/m1/s1. The van der Waals surface area contributed by atoms with E-state index in [0.29, 0.717) is 12.5 Å². The molecule has 1 saturated heterocycles. The van der Waals surface area contributed by atoms with Gasteiger partial charge in [-0.1, -0.05) is 55.8 Å². The van der Waals surface area contributed by atoms with E-state index in [1.807, 2.05) is 18.2 Å². The SMILES string of the molecule is C[C@H](NC[C@H]1C(=O)O[C@@H]2CC3=CCC[C@@H](C)[C@@]3(C)[C@H](O)[C@H]21)c1ccccc1. The molecular formula is C23H31NO3. The van der Waals surface area contributed by atoms with Crippen LogP contribution in [0.3, 0.4) is 0 Å². The Labute approximate surface area is 162 Å². The summed E-state index contributed by atoms with van der Waals surface area (Å²) >= 11 is 0. The third-order valence-electron chi connectivity index (χ3n) is 7.51. The number of nitrogens with one attached hydrogen (secondary N) is 1. The van der Waals surface area contributed by atoms with Gasteiger partial charge in [0.2, 0.25) is 0 Å². The molecule has 0 unspecified atom stereocenters. The number of hydrogen-bond acceptors (Lipinski definition) is 4. The minimum Gasteiger partial charge on any atom is -0.461 e. The molecule has 27 heavy (non-hydrogen) atoms. The summed E-state index contributed by atoms with van der Waals surface area (Å²) in [6.07, 6.45) is 4.48. The van der Waals surface area contributed by atoms with E-state index in [2.05, 4.69) is 44.3 Å². The number of esters is 1. The molecular weight excluding hydrogens is 338 g/mol. The second kappa shape index (κ2) is 7.06. The summed E-state index contributed by atoms with van der Waals surface area (Å²) in [5, 5.41) is 14.9. The quantitative estimate of drug-likeness (QED) is 0.629. The Morgan fingerprint density at radius 2 is 2.07 bits per heavy atom. The second-order valence-corrected chi connectivity index (χ2v) is 8.84. The lowest BCUT2D eigenvalue weighted by Gasteiger charge is -2.51. The van der Waals surface area contributed by atoms with Gasteiger partial charge >= 0.3 is 5.97 Å². The average Bonchev–Trinajstić information content (AvgIpc) is 2.98. The van der Waals surface area contributed by atoms with Crippen LogP contribution in [-0.2, 0) is 9.53 Å². The maximum atomic E-state index is 12.6. The fourth-order valence-electron chi connectivity index (χ4n) is 5.46. The largest absolute Gasteiger partial charge is 0.461 e. The van der Waals surface area contributed by atoms with Crippen molar-refractivity contribution in [2.45, 2.75) is 58.3 Å². The average molecular weight is 370 g/mol. The van der Waals surface area contributed by atoms with Gasteiger partial charge in [-0.3, -0.25) is 4.79 Å². The number of aliphatic hydroxyl groups is 1. The van der Waals surface area contributed by atoms with Gasteiger partial charge in [0, 0.05) is 30.3 Å². The van der Waals surface area contributed by atoms with E-state index in [4.69, 9.17) is 4.74 Å². The van der Waals surface area contributed by atoms with Crippen LogP contribution in [0.1, 0.15) is 51.6 Å². The van der Waals surface area contributed by atoms with Gasteiger partial charge in [-0.15, -0.1) is 0 Å². The predicted molar refractivity (Wildman–Crippen MR) is 105 cm³/mol. The first-order valence-corrected chi connectivity index (χ1v) is 10.3. The molecule has 2 N–H and O–H groups in total. The highest BCUT2D eigenvalue weighted by molar-refractivity contribution is 5.76. The number of aliphatic hydroxyl groups excluding tert-OH is 1. The summed E-state index contributed by atoms with van der Waals surface area (Å²) in [6.45, 7) is 7.06. The molecule has 0 aromatic heterocycles. The summed E-state index contributed by atoms with van der Waals surface area (Å²) in [7, 11) is 0. The van der Waals surface area contributed by atoms with Crippen molar-refractivity contribution in [2.75, 3.05) is 6.54 Å². The van der Waals surface area contributed by atoms with E-state index >= 15 is 0 Å². The Bertz CT molecular complexity index is 730. The molecule has 2 aliphatic carbocycles. The Kier molecular flexibility index (Phi) is 4.89. The minimum absolute atomic E-state index is 0.129. The number of rotatable bonds is 4. The summed E-state index contributed by atoms with van der Waals surface area (Å²) in [5.41, 5.74) is 2.24. The maximum Gasteiger partial charge on any atom is 0.311 e. The molecule has 1 aromatic carbocycles. The van der Waals surface area contributed by atoms with E-state index in [0.717, 1.165) is 19.3 Å². The third-order valence-corrected chi connectivity index (χ3v) is 7.51. The molecule has 0 spiro atoms. The van der Waals surface area contributed by atoms with Crippen molar-refractivity contribution in [3.63, 3.8) is 0 Å². The number of hydrogen-bond donors (Lipinski definition) is 2. The summed E-state index contributed by atoms with van der Waals surface area (Å²) in [6, 6.07) is 10.4. The zero-order valence-electron chi connectivity index (χ0n) is 16.5. The first-order chi connectivity index (χ1) is 12.9. The summed E-state index contributed by atoms with van der Waals surface area (Å²) < 4.78 is 5.74. The van der Waals surface area contributed by atoms with E-state index in [1.165, 1.54) is 11.1 Å². The molecule has 4 rings (SSSR count). The normalized spacial score (nSPS) is 39.2.